The third kappa shape index (κ3) is 2.29. The minimum absolute atomic E-state index is 0.766. The summed E-state index contributed by atoms with van der Waals surface area (Å²) in [5, 5.41) is 16.2. The summed E-state index contributed by atoms with van der Waals surface area (Å²) in [4.78, 5) is 5.95. The van der Waals surface area contributed by atoms with E-state index in [4.69, 9.17) is 0 Å². The van der Waals surface area contributed by atoms with E-state index in [1.165, 1.54) is 24.6 Å². The number of hydrogen-bond donors (Lipinski definition) is 1. The molecular formula is C20H22N6. The zero-order chi connectivity index (χ0) is 17.7. The minimum Gasteiger partial charge on any atom is -0.355 e. The Morgan fingerprint density at radius 2 is 1.73 bits per heavy atom. The highest BCUT2D eigenvalue weighted by atomic mass is 15.4. The smallest absolute Gasteiger partial charge is 0.200 e. The van der Waals surface area contributed by atoms with E-state index in [2.05, 4.69) is 62.4 Å². The van der Waals surface area contributed by atoms with Crippen molar-refractivity contribution in [2.24, 2.45) is 0 Å². The van der Waals surface area contributed by atoms with Crippen LogP contribution in [0, 0.1) is 13.8 Å². The van der Waals surface area contributed by atoms with Gasteiger partial charge in [0.25, 0.3) is 0 Å². The van der Waals surface area contributed by atoms with E-state index in [9.17, 15) is 0 Å². The van der Waals surface area contributed by atoms with Gasteiger partial charge < -0.3 is 9.88 Å². The Bertz CT molecular complexity index is 1100. The molecule has 1 N–H and O–H groups in total. The molecule has 4 heterocycles. The number of H-pyrrole nitrogens is 1. The molecule has 6 heteroatoms. The van der Waals surface area contributed by atoms with Crippen LogP contribution in [-0.4, -0.2) is 38.1 Å². The Kier molecular flexibility index (Phi) is 3.45. The fourth-order valence-corrected chi connectivity index (χ4v) is 4.06. The van der Waals surface area contributed by atoms with E-state index >= 15 is 0 Å². The van der Waals surface area contributed by atoms with Crippen molar-refractivity contribution in [1.82, 2.24) is 25.0 Å². The van der Waals surface area contributed by atoms with Gasteiger partial charge in [0.2, 0.25) is 0 Å². The van der Waals surface area contributed by atoms with Crippen molar-refractivity contribution in [3.05, 3.63) is 41.7 Å². The van der Waals surface area contributed by atoms with Gasteiger partial charge >= 0.3 is 0 Å². The molecule has 0 amide bonds. The number of benzene rings is 1. The molecule has 0 unspecified atom stereocenters. The van der Waals surface area contributed by atoms with Gasteiger partial charge in [-0.15, -0.1) is 10.2 Å². The molecule has 0 saturated carbocycles. The summed E-state index contributed by atoms with van der Waals surface area (Å²) >= 11 is 0. The SMILES string of the molecule is Cc1cc(C)n(-c2nnc(N3CCCCC3)c3c2[nH]c2ccccc23)n1. The molecule has 132 valence electrons. The average Bonchev–Trinajstić information content (AvgIpc) is 3.21. The van der Waals surface area contributed by atoms with Crippen LogP contribution < -0.4 is 4.90 Å². The molecule has 0 spiro atoms. The summed E-state index contributed by atoms with van der Waals surface area (Å²) in [6.45, 7) is 6.14. The molecule has 0 bridgehead atoms. The molecule has 5 rings (SSSR count). The Hall–Kier alpha value is -2.89. The molecule has 0 atom stereocenters. The zero-order valence-corrected chi connectivity index (χ0v) is 15.2. The van der Waals surface area contributed by atoms with E-state index in [0.717, 1.165) is 52.5 Å². The number of fused-ring (bicyclic) bond motifs is 3. The molecule has 6 nitrogen and oxygen atoms in total. The summed E-state index contributed by atoms with van der Waals surface area (Å²) in [6.07, 6.45) is 3.72. The van der Waals surface area contributed by atoms with Gasteiger partial charge in [0.1, 0.15) is 0 Å². The third-order valence-corrected chi connectivity index (χ3v) is 5.26. The van der Waals surface area contributed by atoms with Gasteiger partial charge in [-0.25, -0.2) is 4.68 Å². The zero-order valence-electron chi connectivity index (χ0n) is 15.2. The van der Waals surface area contributed by atoms with Crippen LogP contribution in [0.15, 0.2) is 30.3 Å². The molecule has 3 aromatic heterocycles. The number of para-hydroxylation sites is 1. The number of aromatic amines is 1. The number of piperidine rings is 1. The molecule has 1 saturated heterocycles. The number of nitrogens with zero attached hydrogens (tertiary/aromatic N) is 5. The Labute approximate surface area is 151 Å². The molecular weight excluding hydrogens is 324 g/mol. The number of anilines is 1. The van der Waals surface area contributed by atoms with E-state index in [0.29, 0.717) is 0 Å². The highest BCUT2D eigenvalue weighted by molar-refractivity contribution is 6.14. The maximum Gasteiger partial charge on any atom is 0.200 e. The molecule has 4 aromatic rings. The fourth-order valence-electron chi connectivity index (χ4n) is 4.06. The number of aryl methyl sites for hydroxylation is 2. The van der Waals surface area contributed by atoms with Crippen molar-refractivity contribution in [1.29, 1.82) is 0 Å². The van der Waals surface area contributed by atoms with E-state index in [-0.39, 0.29) is 0 Å². The van der Waals surface area contributed by atoms with Crippen molar-refractivity contribution in [2.75, 3.05) is 18.0 Å². The lowest BCUT2D eigenvalue weighted by atomic mass is 10.1. The van der Waals surface area contributed by atoms with E-state index < -0.39 is 0 Å². The lowest BCUT2D eigenvalue weighted by Crippen LogP contribution is -2.30. The first-order valence-electron chi connectivity index (χ1n) is 9.28. The first-order chi connectivity index (χ1) is 12.7. The molecule has 1 aliphatic heterocycles. The Morgan fingerprint density at radius 3 is 2.50 bits per heavy atom. The van der Waals surface area contributed by atoms with E-state index in [1.807, 2.05) is 11.6 Å². The fraction of sp³-hybridized carbons (Fsp3) is 0.350. The second kappa shape index (κ2) is 5.83. The molecule has 26 heavy (non-hydrogen) atoms. The molecule has 1 aliphatic rings. The standard InChI is InChI=1S/C20H22N6/c1-13-12-14(2)26(24-13)20-18-17(15-8-4-5-9-16(15)21-18)19(22-23-20)25-10-6-3-7-11-25/h4-5,8-9,12,21H,3,6-7,10-11H2,1-2H3. The summed E-state index contributed by atoms with van der Waals surface area (Å²) in [5.74, 6) is 1.75. The number of aromatic nitrogens is 5. The van der Waals surface area contributed by atoms with Gasteiger partial charge in [0, 0.05) is 29.7 Å². The molecule has 1 aromatic carbocycles. The maximum atomic E-state index is 4.67. The van der Waals surface area contributed by atoms with Crippen LogP contribution in [0.4, 0.5) is 5.82 Å². The maximum absolute atomic E-state index is 4.67. The van der Waals surface area contributed by atoms with Crippen LogP contribution in [-0.2, 0) is 0 Å². The quantitative estimate of drug-likeness (QED) is 0.598. The van der Waals surface area contributed by atoms with Gasteiger partial charge in [0.05, 0.1) is 16.6 Å². The summed E-state index contributed by atoms with van der Waals surface area (Å²) < 4.78 is 1.89. The lowest BCUT2D eigenvalue weighted by Gasteiger charge is -2.28. The van der Waals surface area contributed by atoms with Crippen molar-refractivity contribution >= 4 is 27.6 Å². The predicted octanol–water partition coefficient (Wildman–Crippen LogP) is 3.90. The van der Waals surface area contributed by atoms with Crippen molar-refractivity contribution in [3.63, 3.8) is 0 Å². The summed E-state index contributed by atoms with van der Waals surface area (Å²) in [7, 11) is 0. The van der Waals surface area contributed by atoms with Crippen LogP contribution in [0.2, 0.25) is 0 Å². The first-order valence-corrected chi connectivity index (χ1v) is 9.28. The first kappa shape index (κ1) is 15.4. The van der Waals surface area contributed by atoms with Gasteiger partial charge in [-0.2, -0.15) is 5.10 Å². The van der Waals surface area contributed by atoms with Crippen LogP contribution in [0.3, 0.4) is 0 Å². The molecule has 1 fully saturated rings. The van der Waals surface area contributed by atoms with Crippen LogP contribution in [0.25, 0.3) is 27.6 Å². The predicted molar refractivity (Wildman–Crippen MR) is 104 cm³/mol. The van der Waals surface area contributed by atoms with Crippen LogP contribution in [0.1, 0.15) is 30.7 Å². The second-order valence-electron chi connectivity index (χ2n) is 7.15. The Balaban J connectivity index is 1.82. The third-order valence-electron chi connectivity index (χ3n) is 5.26. The monoisotopic (exact) mass is 346 g/mol. The van der Waals surface area contributed by atoms with Gasteiger partial charge in [0.15, 0.2) is 11.6 Å². The second-order valence-corrected chi connectivity index (χ2v) is 7.15. The molecule has 0 aliphatic carbocycles. The van der Waals surface area contributed by atoms with Gasteiger partial charge in [-0.05, 0) is 45.2 Å². The highest BCUT2D eigenvalue weighted by Gasteiger charge is 2.22. The van der Waals surface area contributed by atoms with Crippen molar-refractivity contribution in [2.45, 2.75) is 33.1 Å². The minimum atomic E-state index is 0.766. The van der Waals surface area contributed by atoms with Crippen molar-refractivity contribution < 1.29 is 0 Å². The van der Waals surface area contributed by atoms with Crippen LogP contribution in [0.5, 0.6) is 0 Å². The summed E-state index contributed by atoms with van der Waals surface area (Å²) in [6, 6.07) is 10.5. The number of nitrogens with one attached hydrogen (secondary N) is 1. The van der Waals surface area contributed by atoms with E-state index in [1.54, 1.807) is 0 Å². The Morgan fingerprint density at radius 1 is 0.962 bits per heavy atom. The largest absolute Gasteiger partial charge is 0.355 e. The number of rotatable bonds is 2. The number of hydrogen-bond acceptors (Lipinski definition) is 4. The topological polar surface area (TPSA) is 62.6 Å². The van der Waals surface area contributed by atoms with Crippen LogP contribution >= 0.6 is 0 Å². The summed E-state index contributed by atoms with van der Waals surface area (Å²) in [5.41, 5.74) is 4.16. The van der Waals surface area contributed by atoms with Gasteiger partial charge in [-0.1, -0.05) is 18.2 Å². The average molecular weight is 346 g/mol. The normalized spacial score (nSPS) is 15.2. The van der Waals surface area contributed by atoms with Gasteiger partial charge in [-0.3, -0.25) is 0 Å². The highest BCUT2D eigenvalue weighted by Crippen LogP contribution is 2.35. The molecule has 0 radical (unpaired) electrons. The van der Waals surface area contributed by atoms with Crippen molar-refractivity contribution in [3.8, 4) is 5.82 Å². The lowest BCUT2D eigenvalue weighted by molar-refractivity contribution is 0.572.